The van der Waals surface area contributed by atoms with Crippen molar-refractivity contribution in [1.29, 1.82) is 0 Å². The lowest BCUT2D eigenvalue weighted by atomic mass is 10.1. The van der Waals surface area contributed by atoms with Crippen LogP contribution in [0, 0.1) is 0 Å². The maximum Gasteiger partial charge on any atom is 0.331 e. The lowest BCUT2D eigenvalue weighted by Crippen LogP contribution is -2.33. The summed E-state index contributed by atoms with van der Waals surface area (Å²) in [5, 5.41) is 8.74. The van der Waals surface area contributed by atoms with Crippen LogP contribution in [0.5, 0.6) is 0 Å². The summed E-state index contributed by atoms with van der Waals surface area (Å²) in [4.78, 5) is 24.1. The van der Waals surface area contributed by atoms with Crippen molar-refractivity contribution in [2.75, 3.05) is 13.1 Å². The van der Waals surface area contributed by atoms with Crippen LogP contribution in [0.1, 0.15) is 20.3 Å². The van der Waals surface area contributed by atoms with Gasteiger partial charge in [-0.15, -0.1) is 0 Å². The summed E-state index contributed by atoms with van der Waals surface area (Å²) in [5.41, 5.74) is 6.06. The average Bonchev–Trinajstić information content (AvgIpc) is 2.61. The molecular formula is C10H16N2O3. The van der Waals surface area contributed by atoms with Gasteiger partial charge in [-0.05, 0) is 20.3 Å². The monoisotopic (exact) mass is 212 g/mol. The predicted molar refractivity (Wildman–Crippen MR) is 55.2 cm³/mol. The van der Waals surface area contributed by atoms with Gasteiger partial charge in [0.15, 0.2) is 0 Å². The molecule has 84 valence electrons. The van der Waals surface area contributed by atoms with E-state index in [1.165, 1.54) is 13.8 Å². The maximum absolute atomic E-state index is 11.8. The molecule has 0 aromatic carbocycles. The number of hydrogen-bond acceptors (Lipinski definition) is 3. The van der Waals surface area contributed by atoms with Crippen LogP contribution in [0.4, 0.5) is 0 Å². The standard InChI is InChI=1S/C10H16N2O3/c1-6(7(2)10(14)15)9(13)12-4-3-8(11)5-12/h8H,3-5,11H2,1-2H3,(H,14,15)/b7-6+. The van der Waals surface area contributed by atoms with E-state index in [1.54, 1.807) is 4.90 Å². The number of nitrogens with two attached hydrogens (primary N) is 1. The fourth-order valence-electron chi connectivity index (χ4n) is 1.53. The van der Waals surface area contributed by atoms with Crippen molar-refractivity contribution < 1.29 is 14.7 Å². The molecule has 3 N–H and O–H groups in total. The molecule has 0 aromatic heterocycles. The lowest BCUT2D eigenvalue weighted by Gasteiger charge is -2.16. The van der Waals surface area contributed by atoms with E-state index in [4.69, 9.17) is 10.8 Å². The summed E-state index contributed by atoms with van der Waals surface area (Å²) in [5.74, 6) is -1.27. The highest BCUT2D eigenvalue weighted by Gasteiger charge is 2.25. The van der Waals surface area contributed by atoms with E-state index in [1.807, 2.05) is 0 Å². The highest BCUT2D eigenvalue weighted by atomic mass is 16.4. The fourth-order valence-corrected chi connectivity index (χ4v) is 1.53. The molecule has 1 aliphatic heterocycles. The van der Waals surface area contributed by atoms with Gasteiger partial charge in [0, 0.05) is 30.3 Å². The van der Waals surface area contributed by atoms with Gasteiger partial charge in [-0.3, -0.25) is 4.79 Å². The van der Waals surface area contributed by atoms with Crippen LogP contribution in [0.2, 0.25) is 0 Å². The number of amides is 1. The smallest absolute Gasteiger partial charge is 0.331 e. The van der Waals surface area contributed by atoms with Gasteiger partial charge in [0.05, 0.1) is 0 Å². The Bertz CT molecular complexity index is 323. The molecule has 1 rings (SSSR count). The second-order valence-electron chi connectivity index (χ2n) is 3.86. The molecule has 0 spiro atoms. The Morgan fingerprint density at radius 1 is 1.33 bits per heavy atom. The molecule has 1 aliphatic rings. The number of rotatable bonds is 2. The first-order valence-electron chi connectivity index (χ1n) is 4.89. The molecule has 1 heterocycles. The van der Waals surface area contributed by atoms with Crippen LogP contribution in [0.3, 0.4) is 0 Å². The summed E-state index contributed by atoms with van der Waals surface area (Å²) >= 11 is 0. The second-order valence-corrected chi connectivity index (χ2v) is 3.86. The largest absolute Gasteiger partial charge is 0.478 e. The Kier molecular flexibility index (Phi) is 3.47. The van der Waals surface area contributed by atoms with Crippen LogP contribution in [-0.2, 0) is 9.59 Å². The number of carboxylic acids is 1. The van der Waals surface area contributed by atoms with Crippen molar-refractivity contribution in [3.63, 3.8) is 0 Å². The average molecular weight is 212 g/mol. The first-order valence-corrected chi connectivity index (χ1v) is 4.89. The van der Waals surface area contributed by atoms with Gasteiger partial charge in [0.2, 0.25) is 5.91 Å². The summed E-state index contributed by atoms with van der Waals surface area (Å²) < 4.78 is 0. The molecular weight excluding hydrogens is 196 g/mol. The number of aliphatic carboxylic acids is 1. The fraction of sp³-hybridized carbons (Fsp3) is 0.600. The first kappa shape index (κ1) is 11.7. The minimum atomic E-state index is -1.05. The quantitative estimate of drug-likeness (QED) is 0.629. The van der Waals surface area contributed by atoms with Gasteiger partial charge in [0.1, 0.15) is 0 Å². The summed E-state index contributed by atoms with van der Waals surface area (Å²) in [6.07, 6.45) is 0.783. The van der Waals surface area contributed by atoms with Gasteiger partial charge in [0.25, 0.3) is 0 Å². The number of hydrogen-bond donors (Lipinski definition) is 2. The Hall–Kier alpha value is -1.36. The number of likely N-dealkylation sites (tertiary alicyclic amines) is 1. The van der Waals surface area contributed by atoms with Crippen molar-refractivity contribution in [3.8, 4) is 0 Å². The molecule has 1 fully saturated rings. The van der Waals surface area contributed by atoms with E-state index >= 15 is 0 Å². The zero-order chi connectivity index (χ0) is 11.6. The van der Waals surface area contributed by atoms with E-state index in [9.17, 15) is 9.59 Å². The number of nitrogens with zero attached hydrogens (tertiary/aromatic N) is 1. The molecule has 1 unspecified atom stereocenters. The van der Waals surface area contributed by atoms with Crippen LogP contribution < -0.4 is 5.73 Å². The number of carbonyl (C=O) groups excluding carboxylic acids is 1. The minimum Gasteiger partial charge on any atom is -0.478 e. The van der Waals surface area contributed by atoms with Gasteiger partial charge in [-0.2, -0.15) is 0 Å². The third-order valence-electron chi connectivity index (χ3n) is 2.72. The second kappa shape index (κ2) is 4.44. The number of carbonyl (C=O) groups is 2. The van der Waals surface area contributed by atoms with Crippen LogP contribution in [0.15, 0.2) is 11.1 Å². The summed E-state index contributed by atoms with van der Waals surface area (Å²) in [7, 11) is 0. The molecule has 5 nitrogen and oxygen atoms in total. The predicted octanol–water partition coefficient (Wildman–Crippen LogP) is -0.0330. The van der Waals surface area contributed by atoms with Crippen molar-refractivity contribution in [2.24, 2.45) is 5.73 Å². The van der Waals surface area contributed by atoms with Gasteiger partial charge < -0.3 is 15.7 Å². The van der Waals surface area contributed by atoms with E-state index in [0.29, 0.717) is 13.1 Å². The highest BCUT2D eigenvalue weighted by Crippen LogP contribution is 2.13. The third kappa shape index (κ3) is 2.56. The van der Waals surface area contributed by atoms with Crippen molar-refractivity contribution in [1.82, 2.24) is 4.90 Å². The van der Waals surface area contributed by atoms with Crippen LogP contribution in [-0.4, -0.2) is 41.0 Å². The van der Waals surface area contributed by atoms with E-state index < -0.39 is 5.97 Å². The lowest BCUT2D eigenvalue weighted by molar-refractivity contribution is -0.133. The molecule has 0 aromatic rings. The Balaban J connectivity index is 2.77. The van der Waals surface area contributed by atoms with Gasteiger partial charge >= 0.3 is 5.97 Å². The van der Waals surface area contributed by atoms with Gasteiger partial charge in [-0.1, -0.05) is 0 Å². The molecule has 1 saturated heterocycles. The molecule has 1 amide bonds. The third-order valence-corrected chi connectivity index (χ3v) is 2.72. The van der Waals surface area contributed by atoms with Crippen molar-refractivity contribution >= 4 is 11.9 Å². The molecule has 0 aliphatic carbocycles. The molecule has 15 heavy (non-hydrogen) atoms. The first-order chi connectivity index (χ1) is 6.93. The van der Waals surface area contributed by atoms with Crippen LogP contribution in [0.25, 0.3) is 0 Å². The van der Waals surface area contributed by atoms with Gasteiger partial charge in [-0.25, -0.2) is 4.79 Å². The minimum absolute atomic E-state index is 0.0203. The zero-order valence-electron chi connectivity index (χ0n) is 8.99. The molecule has 5 heteroatoms. The van der Waals surface area contributed by atoms with E-state index in [-0.39, 0.29) is 23.1 Å². The maximum atomic E-state index is 11.8. The molecule has 1 atom stereocenters. The summed E-state index contributed by atoms with van der Waals surface area (Å²) in [6.45, 7) is 4.11. The van der Waals surface area contributed by atoms with Crippen LogP contribution >= 0.6 is 0 Å². The van der Waals surface area contributed by atoms with Crippen molar-refractivity contribution in [3.05, 3.63) is 11.1 Å². The van der Waals surface area contributed by atoms with E-state index in [0.717, 1.165) is 6.42 Å². The zero-order valence-corrected chi connectivity index (χ0v) is 8.99. The number of carboxylic acid groups (broad SMARTS) is 1. The SMILES string of the molecule is C/C(C(=O)O)=C(/C)C(=O)N1CCC(N)C1. The summed E-state index contributed by atoms with van der Waals surface area (Å²) in [6, 6.07) is 0.0203. The van der Waals surface area contributed by atoms with Crippen molar-refractivity contribution in [2.45, 2.75) is 26.3 Å². The van der Waals surface area contributed by atoms with E-state index in [2.05, 4.69) is 0 Å². The normalized spacial score (nSPS) is 22.6. The highest BCUT2D eigenvalue weighted by molar-refractivity contribution is 6.01. The molecule has 0 radical (unpaired) electrons. The molecule has 0 saturated carbocycles. The Morgan fingerprint density at radius 2 is 1.93 bits per heavy atom. The topological polar surface area (TPSA) is 83.6 Å². The molecule has 0 bridgehead atoms. The Labute approximate surface area is 88.5 Å². The Morgan fingerprint density at radius 3 is 2.33 bits per heavy atom.